The first kappa shape index (κ1) is 14.6. The normalized spacial score (nSPS) is 20.1. The van der Waals surface area contributed by atoms with E-state index in [0.717, 1.165) is 30.3 Å². The van der Waals surface area contributed by atoms with Crippen molar-refractivity contribution in [3.05, 3.63) is 59.7 Å². The number of nitrogens with zero attached hydrogens (tertiary/aromatic N) is 2. The van der Waals surface area contributed by atoms with E-state index in [1.54, 1.807) is 7.11 Å². The van der Waals surface area contributed by atoms with Crippen LogP contribution in [0.1, 0.15) is 11.1 Å². The lowest BCUT2D eigenvalue weighted by molar-refractivity contribution is 0.414. The fourth-order valence-electron chi connectivity index (χ4n) is 3.32. The number of rotatable bonds is 2. The third-order valence-electron chi connectivity index (χ3n) is 4.50. The minimum atomic E-state index is 0.473. The van der Waals surface area contributed by atoms with Crippen LogP contribution in [0.5, 0.6) is 5.75 Å². The third kappa shape index (κ3) is 2.72. The number of hydrogen-bond donors (Lipinski definition) is 0. The topological polar surface area (TPSA) is 24.8 Å². The van der Waals surface area contributed by atoms with Crippen LogP contribution < -0.4 is 9.64 Å². The molecule has 23 heavy (non-hydrogen) atoms. The fourth-order valence-corrected chi connectivity index (χ4v) is 4.37. The van der Waals surface area contributed by atoms with Crippen molar-refractivity contribution in [2.24, 2.45) is 4.99 Å². The van der Waals surface area contributed by atoms with E-state index < -0.39 is 0 Å². The van der Waals surface area contributed by atoms with Gasteiger partial charge in [0.05, 0.1) is 31.1 Å². The summed E-state index contributed by atoms with van der Waals surface area (Å²) in [7, 11) is 1.73. The van der Waals surface area contributed by atoms with E-state index in [1.807, 2.05) is 17.8 Å². The van der Waals surface area contributed by atoms with Crippen LogP contribution in [0.25, 0.3) is 0 Å². The lowest BCUT2D eigenvalue weighted by Gasteiger charge is -2.36. The largest absolute Gasteiger partial charge is 0.497 e. The van der Waals surface area contributed by atoms with Crippen molar-refractivity contribution >= 4 is 23.2 Å². The van der Waals surface area contributed by atoms with Crippen LogP contribution in [0.4, 0.5) is 5.69 Å². The quantitative estimate of drug-likeness (QED) is 0.845. The summed E-state index contributed by atoms with van der Waals surface area (Å²) in [5.41, 5.74) is 4.76. The average Bonchev–Trinajstić information content (AvgIpc) is 2.79. The second-order valence-electron chi connectivity index (χ2n) is 5.86. The van der Waals surface area contributed by atoms with E-state index in [0.29, 0.717) is 6.04 Å². The van der Waals surface area contributed by atoms with Crippen LogP contribution in [0.3, 0.4) is 0 Å². The highest BCUT2D eigenvalue weighted by molar-refractivity contribution is 7.99. The highest BCUT2D eigenvalue weighted by Crippen LogP contribution is 2.34. The fraction of sp³-hybridized carbons (Fsp3) is 0.316. The Bertz CT molecular complexity index is 729. The number of ether oxygens (including phenoxy) is 1. The van der Waals surface area contributed by atoms with Crippen molar-refractivity contribution in [3.63, 3.8) is 0 Å². The van der Waals surface area contributed by atoms with Gasteiger partial charge < -0.3 is 9.64 Å². The summed E-state index contributed by atoms with van der Waals surface area (Å²) in [4.78, 5) is 7.52. The summed E-state index contributed by atoms with van der Waals surface area (Å²) in [6.07, 6.45) is 0. The minimum absolute atomic E-state index is 0.473. The molecule has 118 valence electrons. The molecule has 0 saturated carbocycles. The molecule has 1 unspecified atom stereocenters. The first-order chi connectivity index (χ1) is 11.4. The molecule has 2 aromatic rings. The lowest BCUT2D eigenvalue weighted by atomic mass is 10.00. The smallest absolute Gasteiger partial charge is 0.120 e. The molecule has 2 aliphatic heterocycles. The third-order valence-corrected chi connectivity index (χ3v) is 5.60. The Morgan fingerprint density at radius 3 is 2.87 bits per heavy atom. The molecule has 0 radical (unpaired) electrons. The maximum absolute atomic E-state index is 5.47. The Kier molecular flexibility index (Phi) is 4.00. The molecule has 0 aromatic heterocycles. The number of anilines is 1. The van der Waals surface area contributed by atoms with E-state index in [4.69, 9.17) is 9.73 Å². The number of hydrogen-bond acceptors (Lipinski definition) is 4. The van der Waals surface area contributed by atoms with E-state index in [2.05, 4.69) is 47.4 Å². The van der Waals surface area contributed by atoms with E-state index in [1.165, 1.54) is 22.6 Å². The van der Waals surface area contributed by atoms with Crippen LogP contribution in [-0.4, -0.2) is 43.5 Å². The van der Waals surface area contributed by atoms with Crippen LogP contribution in [0.15, 0.2) is 53.5 Å². The molecule has 2 heterocycles. The van der Waals surface area contributed by atoms with Crippen molar-refractivity contribution in [1.29, 1.82) is 0 Å². The summed E-state index contributed by atoms with van der Waals surface area (Å²) in [6, 6.07) is 17.3. The Hall–Kier alpha value is -1.94. The zero-order valence-corrected chi connectivity index (χ0v) is 14.1. The molecule has 1 saturated heterocycles. The van der Waals surface area contributed by atoms with Crippen molar-refractivity contribution in [1.82, 2.24) is 0 Å². The van der Waals surface area contributed by atoms with E-state index >= 15 is 0 Å². The molecule has 2 aromatic carbocycles. The van der Waals surface area contributed by atoms with Crippen LogP contribution in [0, 0.1) is 0 Å². The average molecular weight is 324 g/mol. The molecule has 3 nitrogen and oxygen atoms in total. The Balaban J connectivity index is 1.87. The number of thioether (sulfide) groups is 1. The zero-order chi connectivity index (χ0) is 15.6. The van der Waals surface area contributed by atoms with Gasteiger partial charge >= 0.3 is 0 Å². The van der Waals surface area contributed by atoms with Gasteiger partial charge in [-0.15, -0.1) is 0 Å². The molecule has 0 spiro atoms. The highest BCUT2D eigenvalue weighted by atomic mass is 32.2. The first-order valence-electron chi connectivity index (χ1n) is 7.99. The van der Waals surface area contributed by atoms with Gasteiger partial charge in [-0.2, -0.15) is 11.8 Å². The van der Waals surface area contributed by atoms with Crippen LogP contribution in [0.2, 0.25) is 0 Å². The molecular formula is C19H20N2OS. The van der Waals surface area contributed by atoms with Gasteiger partial charge in [-0.3, -0.25) is 4.99 Å². The summed E-state index contributed by atoms with van der Waals surface area (Å²) >= 11 is 2.03. The van der Waals surface area contributed by atoms with Gasteiger partial charge in [0.15, 0.2) is 0 Å². The number of benzene rings is 2. The SMILES string of the molecule is COc1ccc2c(c1)N1CCSCC1CN=C2c1ccccc1. The highest BCUT2D eigenvalue weighted by Gasteiger charge is 2.29. The molecular weight excluding hydrogens is 304 g/mol. The first-order valence-corrected chi connectivity index (χ1v) is 9.15. The molecule has 0 N–H and O–H groups in total. The predicted octanol–water partition coefficient (Wildman–Crippen LogP) is 3.47. The van der Waals surface area contributed by atoms with E-state index in [-0.39, 0.29) is 0 Å². The van der Waals surface area contributed by atoms with Gasteiger partial charge in [0.2, 0.25) is 0 Å². The van der Waals surface area contributed by atoms with Crippen LogP contribution in [-0.2, 0) is 0 Å². The van der Waals surface area contributed by atoms with Crippen molar-refractivity contribution in [2.45, 2.75) is 6.04 Å². The zero-order valence-electron chi connectivity index (χ0n) is 13.2. The molecule has 0 amide bonds. The Morgan fingerprint density at radius 2 is 2.04 bits per heavy atom. The van der Waals surface area contributed by atoms with Gasteiger partial charge in [-0.05, 0) is 12.1 Å². The van der Waals surface area contributed by atoms with Crippen molar-refractivity contribution < 1.29 is 4.74 Å². The summed E-state index contributed by atoms with van der Waals surface area (Å²) in [5, 5.41) is 0. The monoisotopic (exact) mass is 324 g/mol. The predicted molar refractivity (Wildman–Crippen MR) is 98.4 cm³/mol. The minimum Gasteiger partial charge on any atom is -0.497 e. The Labute approximate surface area is 141 Å². The Morgan fingerprint density at radius 1 is 1.17 bits per heavy atom. The van der Waals surface area contributed by atoms with Crippen LogP contribution >= 0.6 is 11.8 Å². The van der Waals surface area contributed by atoms with Gasteiger partial charge in [0, 0.05) is 35.2 Å². The summed E-state index contributed by atoms with van der Waals surface area (Å²) in [5.74, 6) is 3.23. The maximum atomic E-state index is 5.47. The molecule has 1 atom stereocenters. The van der Waals surface area contributed by atoms with Crippen molar-refractivity contribution in [3.8, 4) is 5.75 Å². The maximum Gasteiger partial charge on any atom is 0.120 e. The lowest BCUT2D eigenvalue weighted by Crippen LogP contribution is -2.44. The number of methoxy groups -OCH3 is 1. The molecule has 0 aliphatic carbocycles. The van der Waals surface area contributed by atoms with Gasteiger partial charge in [-0.25, -0.2) is 0 Å². The summed E-state index contributed by atoms with van der Waals surface area (Å²) in [6.45, 7) is 1.93. The number of aliphatic imine (C=N–C) groups is 1. The van der Waals surface area contributed by atoms with Gasteiger partial charge in [0.25, 0.3) is 0 Å². The van der Waals surface area contributed by atoms with Crippen molar-refractivity contribution in [2.75, 3.05) is 36.6 Å². The number of fused-ring (bicyclic) bond motifs is 3. The molecule has 0 bridgehead atoms. The molecule has 1 fully saturated rings. The molecule has 4 heteroatoms. The molecule has 2 aliphatic rings. The summed E-state index contributed by atoms with van der Waals surface area (Å²) < 4.78 is 5.47. The second kappa shape index (κ2) is 6.28. The van der Waals surface area contributed by atoms with Gasteiger partial charge in [-0.1, -0.05) is 30.3 Å². The van der Waals surface area contributed by atoms with E-state index in [9.17, 15) is 0 Å². The molecule has 4 rings (SSSR count). The van der Waals surface area contributed by atoms with Gasteiger partial charge in [0.1, 0.15) is 5.75 Å². The second-order valence-corrected chi connectivity index (χ2v) is 7.01. The standard InChI is InChI=1S/C19H20N2OS/c1-22-16-7-8-17-18(11-16)21-9-10-23-13-15(21)12-20-19(17)14-5-3-2-4-6-14/h2-8,11,15H,9-10,12-13H2,1H3.